The minimum atomic E-state index is -1.05. The van der Waals surface area contributed by atoms with Crippen LogP contribution < -0.4 is 4.90 Å². The van der Waals surface area contributed by atoms with E-state index in [4.69, 9.17) is 16.3 Å². The molecule has 0 spiro atoms. The molecule has 0 saturated carbocycles. The van der Waals surface area contributed by atoms with Gasteiger partial charge in [-0.3, -0.25) is 0 Å². The Kier molecular flexibility index (Phi) is 5.17. The summed E-state index contributed by atoms with van der Waals surface area (Å²) in [5.74, 6) is -0.612. The highest BCUT2D eigenvalue weighted by Crippen LogP contribution is 2.22. The Balaban J connectivity index is 2.20. The first-order chi connectivity index (χ1) is 11.1. The van der Waals surface area contributed by atoms with E-state index >= 15 is 0 Å². The number of carboxylic acids is 1. The summed E-state index contributed by atoms with van der Waals surface area (Å²) in [7, 11) is 0. The van der Waals surface area contributed by atoms with Crippen LogP contribution in [-0.4, -0.2) is 63.3 Å². The zero-order chi connectivity index (χ0) is 18.1. The van der Waals surface area contributed by atoms with Crippen LogP contribution in [0.1, 0.15) is 26.5 Å². The van der Waals surface area contributed by atoms with Crippen molar-refractivity contribution in [3.63, 3.8) is 0 Å². The lowest BCUT2D eigenvalue weighted by molar-refractivity contribution is -0.139. The predicted molar refractivity (Wildman–Crippen MR) is 88.4 cm³/mol. The van der Waals surface area contributed by atoms with Gasteiger partial charge in [0.25, 0.3) is 0 Å². The van der Waals surface area contributed by atoms with Crippen LogP contribution in [0.3, 0.4) is 0 Å². The van der Waals surface area contributed by atoms with Crippen LogP contribution in [0.2, 0.25) is 5.28 Å². The van der Waals surface area contributed by atoms with Crippen molar-refractivity contribution in [1.29, 1.82) is 0 Å². The third-order valence-electron chi connectivity index (χ3n) is 3.42. The molecule has 1 atom stereocenters. The molecule has 1 fully saturated rings. The molecule has 1 aromatic heterocycles. The second-order valence-corrected chi connectivity index (χ2v) is 6.95. The van der Waals surface area contributed by atoms with Crippen LogP contribution in [0.15, 0.2) is 6.07 Å². The number of carbonyl (C=O) groups excluding carboxylic acids is 1. The molecule has 1 saturated heterocycles. The molecule has 0 aliphatic carbocycles. The quantitative estimate of drug-likeness (QED) is 0.809. The topological polar surface area (TPSA) is 95.9 Å². The molecule has 24 heavy (non-hydrogen) atoms. The number of piperazine rings is 1. The molecule has 0 radical (unpaired) electrons. The molecular weight excluding hydrogens is 336 g/mol. The fourth-order valence-electron chi connectivity index (χ4n) is 2.42. The summed E-state index contributed by atoms with van der Waals surface area (Å²) < 4.78 is 5.31. The number of aromatic nitrogens is 2. The van der Waals surface area contributed by atoms with Crippen molar-refractivity contribution in [1.82, 2.24) is 14.9 Å². The average molecular weight is 357 g/mol. The van der Waals surface area contributed by atoms with Crippen LogP contribution in [0.4, 0.5) is 10.6 Å². The normalized spacial score (nSPS) is 18.5. The van der Waals surface area contributed by atoms with E-state index in [2.05, 4.69) is 9.97 Å². The van der Waals surface area contributed by atoms with E-state index in [9.17, 15) is 14.7 Å². The molecule has 1 aliphatic rings. The summed E-state index contributed by atoms with van der Waals surface area (Å²) in [6.07, 6.45) is -0.523. The minimum absolute atomic E-state index is 0.00488. The number of rotatable bonds is 2. The lowest BCUT2D eigenvalue weighted by Crippen LogP contribution is -2.58. The van der Waals surface area contributed by atoms with E-state index in [0.29, 0.717) is 24.6 Å². The highest BCUT2D eigenvalue weighted by atomic mass is 35.5. The standard InChI is InChI=1S/C15H21ClN4O4/c1-9-7-11(18-13(16)17-9)20-6-5-19(8-10(20)12(21)22)14(23)24-15(2,3)4/h7,10H,5-6,8H2,1-4H3,(H,21,22)/t10-/m1/s1. The summed E-state index contributed by atoms with van der Waals surface area (Å²) in [5, 5.41) is 9.60. The molecule has 0 unspecified atom stereocenters. The number of ether oxygens (including phenoxy) is 1. The van der Waals surface area contributed by atoms with Gasteiger partial charge < -0.3 is 19.6 Å². The Hall–Kier alpha value is -2.09. The lowest BCUT2D eigenvalue weighted by Gasteiger charge is -2.40. The van der Waals surface area contributed by atoms with Gasteiger partial charge in [-0.25, -0.2) is 19.6 Å². The molecule has 132 valence electrons. The van der Waals surface area contributed by atoms with Gasteiger partial charge in [0.15, 0.2) is 0 Å². The Morgan fingerprint density at radius 3 is 2.54 bits per heavy atom. The van der Waals surface area contributed by atoms with Crippen molar-refractivity contribution >= 4 is 29.5 Å². The number of carbonyl (C=O) groups is 2. The maximum absolute atomic E-state index is 12.2. The SMILES string of the molecule is Cc1cc(N2CCN(C(=O)OC(C)(C)C)C[C@@H]2C(=O)O)nc(Cl)n1. The van der Waals surface area contributed by atoms with Gasteiger partial charge in [-0.1, -0.05) is 0 Å². The second kappa shape index (κ2) is 6.80. The monoisotopic (exact) mass is 356 g/mol. The van der Waals surface area contributed by atoms with E-state index in [0.717, 1.165) is 0 Å². The molecule has 1 aromatic rings. The Morgan fingerprint density at radius 1 is 1.33 bits per heavy atom. The molecule has 1 amide bonds. The third-order valence-corrected chi connectivity index (χ3v) is 3.59. The van der Waals surface area contributed by atoms with Gasteiger partial charge in [-0.05, 0) is 39.3 Å². The van der Waals surface area contributed by atoms with E-state index in [1.54, 1.807) is 38.7 Å². The molecule has 2 rings (SSSR count). The van der Waals surface area contributed by atoms with Gasteiger partial charge in [0.1, 0.15) is 17.5 Å². The first-order valence-corrected chi connectivity index (χ1v) is 7.93. The first-order valence-electron chi connectivity index (χ1n) is 7.55. The summed E-state index contributed by atoms with van der Waals surface area (Å²) >= 11 is 5.87. The largest absolute Gasteiger partial charge is 0.480 e. The number of aliphatic carboxylic acids is 1. The summed E-state index contributed by atoms with van der Waals surface area (Å²) in [6.45, 7) is 7.70. The van der Waals surface area contributed by atoms with Crippen LogP contribution in [0.5, 0.6) is 0 Å². The van der Waals surface area contributed by atoms with Gasteiger partial charge in [-0.2, -0.15) is 0 Å². The molecule has 0 aromatic carbocycles. The molecule has 9 heteroatoms. The highest BCUT2D eigenvalue weighted by molar-refractivity contribution is 6.28. The molecule has 8 nitrogen and oxygen atoms in total. The van der Waals surface area contributed by atoms with Gasteiger partial charge >= 0.3 is 12.1 Å². The summed E-state index contributed by atoms with van der Waals surface area (Å²) in [5.41, 5.74) is 0.00763. The van der Waals surface area contributed by atoms with E-state index in [1.807, 2.05) is 0 Å². The van der Waals surface area contributed by atoms with Crippen molar-refractivity contribution < 1.29 is 19.4 Å². The van der Waals surface area contributed by atoms with E-state index in [1.165, 1.54) is 4.90 Å². The summed E-state index contributed by atoms with van der Waals surface area (Å²) in [6, 6.07) is 0.738. The maximum Gasteiger partial charge on any atom is 0.410 e. The maximum atomic E-state index is 12.2. The molecular formula is C15H21ClN4O4. The zero-order valence-electron chi connectivity index (χ0n) is 14.1. The number of halogens is 1. The first kappa shape index (κ1) is 18.3. The number of hydrogen-bond acceptors (Lipinski definition) is 6. The van der Waals surface area contributed by atoms with E-state index < -0.39 is 23.7 Å². The fourth-order valence-corrected chi connectivity index (χ4v) is 2.64. The van der Waals surface area contributed by atoms with Crippen molar-refractivity contribution in [3.8, 4) is 0 Å². The average Bonchev–Trinajstić information content (AvgIpc) is 2.43. The fraction of sp³-hybridized carbons (Fsp3) is 0.600. The third kappa shape index (κ3) is 4.47. The van der Waals surface area contributed by atoms with Crippen LogP contribution in [0.25, 0.3) is 0 Å². The van der Waals surface area contributed by atoms with Gasteiger partial charge in [0.2, 0.25) is 5.28 Å². The Bertz CT molecular complexity index is 627. The zero-order valence-corrected chi connectivity index (χ0v) is 14.9. The predicted octanol–water partition coefficient (Wildman–Crippen LogP) is 1.95. The highest BCUT2D eigenvalue weighted by Gasteiger charge is 2.36. The van der Waals surface area contributed by atoms with Crippen molar-refractivity contribution in [2.45, 2.75) is 39.3 Å². The molecule has 1 aliphatic heterocycles. The number of anilines is 1. The summed E-state index contributed by atoms with van der Waals surface area (Å²) in [4.78, 5) is 34.9. The number of nitrogens with zero attached hydrogens (tertiary/aromatic N) is 4. The molecule has 2 heterocycles. The van der Waals surface area contributed by atoms with Crippen LogP contribution in [-0.2, 0) is 9.53 Å². The molecule has 0 bridgehead atoms. The number of aryl methyl sites for hydroxylation is 1. The van der Waals surface area contributed by atoms with Gasteiger partial charge in [0, 0.05) is 24.8 Å². The smallest absolute Gasteiger partial charge is 0.410 e. The van der Waals surface area contributed by atoms with Crippen molar-refractivity contribution in [3.05, 3.63) is 17.0 Å². The number of hydrogen-bond donors (Lipinski definition) is 1. The van der Waals surface area contributed by atoms with Crippen LogP contribution in [0, 0.1) is 6.92 Å². The van der Waals surface area contributed by atoms with E-state index in [-0.39, 0.29) is 11.8 Å². The Morgan fingerprint density at radius 2 is 2.00 bits per heavy atom. The van der Waals surface area contributed by atoms with Gasteiger partial charge in [-0.15, -0.1) is 0 Å². The van der Waals surface area contributed by atoms with Crippen molar-refractivity contribution in [2.75, 3.05) is 24.5 Å². The Labute approximate surface area is 145 Å². The second-order valence-electron chi connectivity index (χ2n) is 6.61. The lowest BCUT2D eigenvalue weighted by atomic mass is 10.1. The van der Waals surface area contributed by atoms with Gasteiger partial charge in [0.05, 0.1) is 6.54 Å². The van der Waals surface area contributed by atoms with Crippen molar-refractivity contribution in [2.24, 2.45) is 0 Å². The number of carboxylic acid groups (broad SMARTS) is 1. The minimum Gasteiger partial charge on any atom is -0.480 e. The number of amides is 1. The molecule has 1 N–H and O–H groups in total. The van der Waals surface area contributed by atoms with Crippen LogP contribution >= 0.6 is 11.6 Å².